The SMILES string of the molecule is O=C1CCC(Cc2cccc(NC(=O)O)n2)C1. The van der Waals surface area contributed by atoms with Crippen LogP contribution in [0.5, 0.6) is 0 Å². The topological polar surface area (TPSA) is 79.3 Å². The molecule has 0 saturated heterocycles. The van der Waals surface area contributed by atoms with E-state index in [9.17, 15) is 9.59 Å². The monoisotopic (exact) mass is 234 g/mol. The first-order chi connectivity index (χ1) is 8.13. The molecule has 1 atom stereocenters. The molecule has 17 heavy (non-hydrogen) atoms. The van der Waals surface area contributed by atoms with Crippen molar-refractivity contribution in [3.05, 3.63) is 23.9 Å². The molecule has 1 saturated carbocycles. The van der Waals surface area contributed by atoms with Gasteiger partial charge in [-0.25, -0.2) is 9.78 Å². The molecule has 1 aliphatic carbocycles. The van der Waals surface area contributed by atoms with Crippen LogP contribution in [-0.2, 0) is 11.2 Å². The van der Waals surface area contributed by atoms with E-state index in [1.165, 1.54) is 0 Å². The van der Waals surface area contributed by atoms with Crippen molar-refractivity contribution in [3.63, 3.8) is 0 Å². The number of carbonyl (C=O) groups is 2. The van der Waals surface area contributed by atoms with Crippen LogP contribution < -0.4 is 5.32 Å². The Labute approximate surface area is 98.9 Å². The van der Waals surface area contributed by atoms with Crippen molar-refractivity contribution in [3.8, 4) is 0 Å². The number of amides is 1. The summed E-state index contributed by atoms with van der Waals surface area (Å²) in [6.07, 6.45) is 1.82. The van der Waals surface area contributed by atoms with Crippen molar-refractivity contribution in [2.45, 2.75) is 25.7 Å². The first-order valence-corrected chi connectivity index (χ1v) is 5.61. The van der Waals surface area contributed by atoms with Gasteiger partial charge >= 0.3 is 6.09 Å². The lowest BCUT2D eigenvalue weighted by molar-refractivity contribution is -0.117. The van der Waals surface area contributed by atoms with Crippen molar-refractivity contribution in [1.29, 1.82) is 0 Å². The summed E-state index contributed by atoms with van der Waals surface area (Å²) in [7, 11) is 0. The molecular formula is C12H14N2O3. The Morgan fingerprint density at radius 3 is 3.00 bits per heavy atom. The minimum atomic E-state index is -1.12. The van der Waals surface area contributed by atoms with E-state index in [1.54, 1.807) is 12.1 Å². The summed E-state index contributed by atoms with van der Waals surface area (Å²) >= 11 is 0. The minimum absolute atomic E-state index is 0.315. The Morgan fingerprint density at radius 2 is 2.35 bits per heavy atom. The van der Waals surface area contributed by atoms with Gasteiger partial charge in [-0.3, -0.25) is 10.1 Å². The Morgan fingerprint density at radius 1 is 1.53 bits per heavy atom. The van der Waals surface area contributed by atoms with Crippen LogP contribution in [-0.4, -0.2) is 22.0 Å². The number of nitrogens with one attached hydrogen (secondary N) is 1. The Kier molecular flexibility index (Phi) is 3.37. The Hall–Kier alpha value is -1.91. The second-order valence-electron chi connectivity index (χ2n) is 4.30. The number of hydrogen-bond donors (Lipinski definition) is 2. The highest BCUT2D eigenvalue weighted by Crippen LogP contribution is 2.25. The third-order valence-corrected chi connectivity index (χ3v) is 2.89. The zero-order valence-corrected chi connectivity index (χ0v) is 9.35. The number of aromatic nitrogens is 1. The van der Waals surface area contributed by atoms with Gasteiger partial charge in [-0.05, 0) is 30.9 Å². The molecule has 5 nitrogen and oxygen atoms in total. The molecule has 1 amide bonds. The van der Waals surface area contributed by atoms with E-state index in [4.69, 9.17) is 5.11 Å². The fraction of sp³-hybridized carbons (Fsp3) is 0.417. The number of carbonyl (C=O) groups excluding carboxylic acids is 1. The average Bonchev–Trinajstić information content (AvgIpc) is 2.63. The van der Waals surface area contributed by atoms with Crippen molar-refractivity contribution in [2.75, 3.05) is 5.32 Å². The van der Waals surface area contributed by atoms with E-state index >= 15 is 0 Å². The molecule has 2 rings (SSSR count). The van der Waals surface area contributed by atoms with Crippen LogP contribution in [0.15, 0.2) is 18.2 Å². The van der Waals surface area contributed by atoms with E-state index in [1.807, 2.05) is 6.07 Å². The highest BCUT2D eigenvalue weighted by atomic mass is 16.4. The van der Waals surface area contributed by atoms with Crippen molar-refractivity contribution < 1.29 is 14.7 Å². The molecule has 1 aromatic rings. The van der Waals surface area contributed by atoms with E-state index in [0.29, 0.717) is 30.4 Å². The van der Waals surface area contributed by atoms with Gasteiger partial charge in [-0.1, -0.05) is 6.07 Å². The third-order valence-electron chi connectivity index (χ3n) is 2.89. The van der Waals surface area contributed by atoms with Crippen LogP contribution >= 0.6 is 0 Å². The molecule has 0 aliphatic heterocycles. The van der Waals surface area contributed by atoms with Gasteiger partial charge in [0.2, 0.25) is 0 Å². The van der Waals surface area contributed by atoms with E-state index in [0.717, 1.165) is 18.5 Å². The summed E-state index contributed by atoms with van der Waals surface area (Å²) in [6.45, 7) is 0. The molecule has 0 radical (unpaired) electrons. The molecule has 90 valence electrons. The molecule has 1 aromatic heterocycles. The first-order valence-electron chi connectivity index (χ1n) is 5.61. The number of anilines is 1. The molecule has 1 unspecified atom stereocenters. The molecule has 0 bridgehead atoms. The van der Waals surface area contributed by atoms with Gasteiger partial charge in [0.1, 0.15) is 11.6 Å². The zero-order chi connectivity index (χ0) is 12.3. The molecule has 0 aromatic carbocycles. The number of ketones is 1. The molecule has 1 fully saturated rings. The van der Waals surface area contributed by atoms with Gasteiger partial charge in [-0.15, -0.1) is 0 Å². The zero-order valence-electron chi connectivity index (χ0n) is 9.35. The maximum Gasteiger partial charge on any atom is 0.410 e. The largest absolute Gasteiger partial charge is 0.465 e. The second-order valence-corrected chi connectivity index (χ2v) is 4.30. The molecule has 1 heterocycles. The quantitative estimate of drug-likeness (QED) is 0.839. The average molecular weight is 234 g/mol. The molecule has 5 heteroatoms. The van der Waals surface area contributed by atoms with E-state index in [-0.39, 0.29) is 0 Å². The van der Waals surface area contributed by atoms with Gasteiger partial charge < -0.3 is 5.11 Å². The fourth-order valence-corrected chi connectivity index (χ4v) is 2.13. The number of rotatable bonds is 3. The smallest absolute Gasteiger partial charge is 0.410 e. The first kappa shape index (κ1) is 11.6. The van der Waals surface area contributed by atoms with Gasteiger partial charge in [0, 0.05) is 18.5 Å². The van der Waals surface area contributed by atoms with Gasteiger partial charge in [0.15, 0.2) is 0 Å². The van der Waals surface area contributed by atoms with Crippen LogP contribution in [0, 0.1) is 5.92 Å². The highest BCUT2D eigenvalue weighted by molar-refractivity contribution is 5.81. The van der Waals surface area contributed by atoms with Crippen molar-refractivity contribution in [1.82, 2.24) is 4.98 Å². The van der Waals surface area contributed by atoms with Crippen LogP contribution in [0.1, 0.15) is 25.0 Å². The number of carboxylic acid groups (broad SMARTS) is 1. The Balaban J connectivity index is 2.01. The minimum Gasteiger partial charge on any atom is -0.465 e. The van der Waals surface area contributed by atoms with Crippen LogP contribution in [0.4, 0.5) is 10.6 Å². The summed E-state index contributed by atoms with van der Waals surface area (Å²) in [5.74, 6) is 1.00. The molecule has 1 aliphatic rings. The van der Waals surface area contributed by atoms with Gasteiger partial charge in [0.25, 0.3) is 0 Å². The number of pyridine rings is 1. The van der Waals surface area contributed by atoms with Gasteiger partial charge in [0.05, 0.1) is 0 Å². The second kappa shape index (κ2) is 4.95. The normalized spacial score (nSPS) is 19.3. The fourth-order valence-electron chi connectivity index (χ4n) is 2.13. The number of Topliss-reactive ketones (excluding diaryl/α,β-unsaturated/α-hetero) is 1. The molecular weight excluding hydrogens is 220 g/mol. The molecule has 0 spiro atoms. The lowest BCUT2D eigenvalue weighted by Gasteiger charge is -2.08. The predicted octanol–water partition coefficient (Wildman–Crippen LogP) is 2.08. The Bertz CT molecular complexity index is 445. The maximum absolute atomic E-state index is 11.1. The summed E-state index contributed by atoms with van der Waals surface area (Å²) < 4.78 is 0. The maximum atomic E-state index is 11.1. The summed E-state index contributed by atoms with van der Waals surface area (Å²) in [6, 6.07) is 5.23. The molecule has 2 N–H and O–H groups in total. The van der Waals surface area contributed by atoms with E-state index in [2.05, 4.69) is 10.3 Å². The summed E-state index contributed by atoms with van der Waals surface area (Å²) in [5.41, 5.74) is 0.830. The van der Waals surface area contributed by atoms with Crippen LogP contribution in [0.25, 0.3) is 0 Å². The van der Waals surface area contributed by atoms with Crippen LogP contribution in [0.2, 0.25) is 0 Å². The standard InChI is InChI=1S/C12H14N2O3/c15-10-5-4-8(7-10)6-9-2-1-3-11(13-9)14-12(16)17/h1-3,8H,4-7H2,(H,13,14)(H,16,17). The summed E-state index contributed by atoms with van der Waals surface area (Å²) in [4.78, 5) is 25.8. The highest BCUT2D eigenvalue weighted by Gasteiger charge is 2.22. The lowest BCUT2D eigenvalue weighted by Crippen LogP contribution is -2.10. The van der Waals surface area contributed by atoms with Crippen LogP contribution in [0.3, 0.4) is 0 Å². The lowest BCUT2D eigenvalue weighted by atomic mass is 10.0. The number of hydrogen-bond acceptors (Lipinski definition) is 3. The van der Waals surface area contributed by atoms with E-state index < -0.39 is 6.09 Å². The summed E-state index contributed by atoms with van der Waals surface area (Å²) in [5, 5.41) is 10.8. The van der Waals surface area contributed by atoms with Crippen molar-refractivity contribution >= 4 is 17.7 Å². The van der Waals surface area contributed by atoms with Gasteiger partial charge in [-0.2, -0.15) is 0 Å². The third kappa shape index (κ3) is 3.27. The predicted molar refractivity (Wildman–Crippen MR) is 61.9 cm³/mol. The van der Waals surface area contributed by atoms with Crippen molar-refractivity contribution in [2.24, 2.45) is 5.92 Å². The number of nitrogens with zero attached hydrogens (tertiary/aromatic N) is 1.